The molecule has 9 nitrogen and oxygen atoms in total. The zero-order valence-corrected chi connectivity index (χ0v) is 18.5. The Balaban J connectivity index is 1.78. The smallest absolute Gasteiger partial charge is 0.407 e. The van der Waals surface area contributed by atoms with Gasteiger partial charge in [0.1, 0.15) is 5.60 Å². The average molecular weight is 437 g/mol. The number of carbonyl (C=O) groups is 1. The Kier molecular flexibility index (Phi) is 8.91. The van der Waals surface area contributed by atoms with Crippen LogP contribution in [-0.4, -0.2) is 54.0 Å². The van der Waals surface area contributed by atoms with Crippen molar-refractivity contribution in [1.29, 1.82) is 0 Å². The quantitative estimate of drug-likeness (QED) is 0.331. The monoisotopic (exact) mass is 436 g/mol. The van der Waals surface area contributed by atoms with Crippen molar-refractivity contribution in [3.05, 3.63) is 35.2 Å². The van der Waals surface area contributed by atoms with E-state index in [0.29, 0.717) is 55.3 Å². The molecule has 2 aromatic rings. The molecule has 0 atom stereocenters. The van der Waals surface area contributed by atoms with Gasteiger partial charge >= 0.3 is 6.09 Å². The lowest BCUT2D eigenvalue weighted by Crippen LogP contribution is -2.42. The van der Waals surface area contributed by atoms with E-state index in [9.17, 15) is 4.79 Å². The first-order valence-corrected chi connectivity index (χ1v) is 10.2. The zero-order valence-electron chi connectivity index (χ0n) is 17.8. The summed E-state index contributed by atoms with van der Waals surface area (Å²) in [5, 5.41) is 13.6. The second-order valence-corrected chi connectivity index (χ2v) is 7.82. The third kappa shape index (κ3) is 8.69. The number of nitrogens with zero attached hydrogens (tertiary/aromatic N) is 3. The maximum atomic E-state index is 11.6. The number of alkyl carbamates (subject to hydrolysis) is 1. The van der Waals surface area contributed by atoms with Gasteiger partial charge in [0.05, 0.1) is 6.54 Å². The van der Waals surface area contributed by atoms with Gasteiger partial charge in [0, 0.05) is 36.6 Å². The number of hydrogen-bond acceptors (Lipinski definition) is 6. The number of aliphatic imine (C=N–C) groups is 1. The predicted molar refractivity (Wildman–Crippen MR) is 117 cm³/mol. The minimum atomic E-state index is -0.518. The van der Waals surface area contributed by atoms with Crippen molar-refractivity contribution in [1.82, 2.24) is 26.1 Å². The molecule has 0 saturated heterocycles. The van der Waals surface area contributed by atoms with Crippen LogP contribution in [0.5, 0.6) is 0 Å². The minimum absolute atomic E-state index is 0.410. The Morgan fingerprint density at radius 3 is 2.53 bits per heavy atom. The van der Waals surface area contributed by atoms with Crippen LogP contribution in [0.3, 0.4) is 0 Å². The summed E-state index contributed by atoms with van der Waals surface area (Å²) in [5.41, 5.74) is 0.321. The maximum absolute atomic E-state index is 11.6. The van der Waals surface area contributed by atoms with E-state index >= 15 is 0 Å². The van der Waals surface area contributed by atoms with Gasteiger partial charge in [0.25, 0.3) is 0 Å². The van der Waals surface area contributed by atoms with Crippen molar-refractivity contribution in [2.75, 3.05) is 26.2 Å². The highest BCUT2D eigenvalue weighted by Gasteiger charge is 2.15. The van der Waals surface area contributed by atoms with Crippen LogP contribution in [-0.2, 0) is 11.2 Å². The molecule has 1 aromatic carbocycles. The van der Waals surface area contributed by atoms with Crippen LogP contribution in [0.15, 0.2) is 33.8 Å². The number of rotatable bonds is 8. The second kappa shape index (κ2) is 11.4. The molecule has 164 valence electrons. The highest BCUT2D eigenvalue weighted by Crippen LogP contribution is 2.18. The summed E-state index contributed by atoms with van der Waals surface area (Å²) in [4.78, 5) is 20.5. The first-order valence-electron chi connectivity index (χ1n) is 9.84. The van der Waals surface area contributed by atoms with Gasteiger partial charge in [-0.1, -0.05) is 16.8 Å². The number of ether oxygens (including phenoxy) is 1. The van der Waals surface area contributed by atoms with Gasteiger partial charge in [-0.05, 0) is 52.0 Å². The van der Waals surface area contributed by atoms with Crippen molar-refractivity contribution in [3.63, 3.8) is 0 Å². The largest absolute Gasteiger partial charge is 0.444 e. The molecule has 30 heavy (non-hydrogen) atoms. The Morgan fingerprint density at radius 2 is 1.87 bits per heavy atom. The van der Waals surface area contributed by atoms with E-state index in [4.69, 9.17) is 20.9 Å². The topological polar surface area (TPSA) is 114 Å². The lowest BCUT2D eigenvalue weighted by atomic mass is 10.2. The molecule has 0 spiro atoms. The first kappa shape index (κ1) is 23.5. The summed E-state index contributed by atoms with van der Waals surface area (Å²) in [7, 11) is 0. The van der Waals surface area contributed by atoms with Gasteiger partial charge in [-0.2, -0.15) is 4.98 Å². The highest BCUT2D eigenvalue weighted by atomic mass is 35.5. The van der Waals surface area contributed by atoms with Crippen LogP contribution in [0.4, 0.5) is 4.79 Å². The highest BCUT2D eigenvalue weighted by molar-refractivity contribution is 6.30. The molecular weight excluding hydrogens is 408 g/mol. The summed E-state index contributed by atoms with van der Waals surface area (Å²) < 4.78 is 10.5. The third-order valence-corrected chi connectivity index (χ3v) is 3.85. The molecule has 0 bridgehead atoms. The number of nitrogens with one attached hydrogen (secondary N) is 3. The summed E-state index contributed by atoms with van der Waals surface area (Å²) in [6, 6.07) is 7.24. The molecule has 1 heterocycles. The van der Waals surface area contributed by atoms with Gasteiger partial charge in [-0.3, -0.25) is 4.99 Å². The van der Waals surface area contributed by atoms with Crippen molar-refractivity contribution in [3.8, 4) is 11.4 Å². The van der Waals surface area contributed by atoms with Gasteiger partial charge in [-0.25, -0.2) is 4.79 Å². The van der Waals surface area contributed by atoms with Crippen LogP contribution in [0, 0.1) is 0 Å². The molecule has 2 rings (SSSR count). The lowest BCUT2D eigenvalue weighted by Gasteiger charge is -2.19. The second-order valence-electron chi connectivity index (χ2n) is 7.38. The standard InChI is InChI=1S/C20H29ClN6O3/c1-5-22-18(24-12-13-25-19(28)29-20(2,3)4)23-11-10-16-26-17(27-30-16)14-6-8-15(21)9-7-14/h6-9H,5,10-13H2,1-4H3,(H,25,28)(H2,22,23,24). The molecule has 0 saturated carbocycles. The molecule has 0 aliphatic carbocycles. The number of amides is 1. The summed E-state index contributed by atoms with van der Waals surface area (Å²) in [6.45, 7) is 9.55. The van der Waals surface area contributed by atoms with Crippen LogP contribution >= 0.6 is 11.6 Å². The SMILES string of the molecule is CCNC(=NCCc1nc(-c2ccc(Cl)cc2)no1)NCCNC(=O)OC(C)(C)C. The van der Waals surface area contributed by atoms with Gasteiger partial charge in [0.2, 0.25) is 11.7 Å². The fourth-order valence-corrected chi connectivity index (χ4v) is 2.46. The van der Waals surface area contributed by atoms with E-state index in [1.165, 1.54) is 0 Å². The van der Waals surface area contributed by atoms with Crippen LogP contribution in [0.25, 0.3) is 11.4 Å². The van der Waals surface area contributed by atoms with E-state index in [0.717, 1.165) is 5.56 Å². The molecular formula is C20H29ClN6O3. The molecule has 10 heteroatoms. The number of carbonyl (C=O) groups excluding carboxylic acids is 1. The molecule has 0 fully saturated rings. The van der Waals surface area contributed by atoms with E-state index in [2.05, 4.69) is 31.1 Å². The zero-order chi connectivity index (χ0) is 22.0. The number of aromatic nitrogens is 2. The number of benzene rings is 1. The molecule has 0 radical (unpaired) electrons. The summed E-state index contributed by atoms with van der Waals surface area (Å²) in [5.74, 6) is 1.66. The van der Waals surface area contributed by atoms with Crippen LogP contribution < -0.4 is 16.0 Å². The van der Waals surface area contributed by atoms with Crippen LogP contribution in [0.1, 0.15) is 33.6 Å². The molecule has 0 aliphatic rings. The Morgan fingerprint density at radius 1 is 1.17 bits per heavy atom. The molecule has 1 amide bonds. The van der Waals surface area contributed by atoms with Gasteiger partial charge in [-0.15, -0.1) is 0 Å². The number of halogens is 1. The summed E-state index contributed by atoms with van der Waals surface area (Å²) in [6.07, 6.45) is 0.0620. The first-order chi connectivity index (χ1) is 14.3. The third-order valence-electron chi connectivity index (χ3n) is 3.60. The molecule has 1 aromatic heterocycles. The average Bonchev–Trinajstić information content (AvgIpc) is 3.13. The molecule has 0 unspecified atom stereocenters. The molecule has 0 aliphatic heterocycles. The number of hydrogen-bond donors (Lipinski definition) is 3. The van der Waals surface area contributed by atoms with E-state index in [-0.39, 0.29) is 0 Å². The fourth-order valence-electron chi connectivity index (χ4n) is 2.34. The normalized spacial score (nSPS) is 11.8. The van der Waals surface area contributed by atoms with Crippen molar-refractivity contribution >= 4 is 23.7 Å². The maximum Gasteiger partial charge on any atom is 0.407 e. The Labute approximate surface area is 181 Å². The van der Waals surface area contributed by atoms with Gasteiger partial charge in [0.15, 0.2) is 5.96 Å². The fraction of sp³-hybridized carbons (Fsp3) is 0.500. The van der Waals surface area contributed by atoms with Crippen molar-refractivity contribution < 1.29 is 14.1 Å². The minimum Gasteiger partial charge on any atom is -0.444 e. The number of guanidine groups is 1. The van der Waals surface area contributed by atoms with Crippen LogP contribution in [0.2, 0.25) is 5.02 Å². The van der Waals surface area contributed by atoms with Gasteiger partial charge < -0.3 is 25.2 Å². The van der Waals surface area contributed by atoms with E-state index in [1.807, 2.05) is 39.8 Å². The lowest BCUT2D eigenvalue weighted by molar-refractivity contribution is 0.0529. The molecule has 3 N–H and O–H groups in total. The summed E-state index contributed by atoms with van der Waals surface area (Å²) >= 11 is 5.90. The van der Waals surface area contributed by atoms with E-state index in [1.54, 1.807) is 12.1 Å². The predicted octanol–water partition coefficient (Wildman–Crippen LogP) is 3.01. The van der Waals surface area contributed by atoms with E-state index < -0.39 is 11.7 Å². The van der Waals surface area contributed by atoms with Crippen molar-refractivity contribution in [2.45, 2.75) is 39.7 Å². The Hall–Kier alpha value is -2.81. The Bertz CT molecular complexity index is 830. The van der Waals surface area contributed by atoms with Crippen molar-refractivity contribution in [2.24, 2.45) is 4.99 Å².